The molecule has 0 spiro atoms. The molecule has 1 aromatic heterocycles. The molecule has 1 aromatic rings. The molecule has 1 aliphatic heterocycles. The van der Waals surface area contributed by atoms with E-state index in [-0.39, 0.29) is 0 Å². The molecular formula is C7H11BN2S. The summed E-state index contributed by atoms with van der Waals surface area (Å²) in [6, 6.07) is 0. The largest absolute Gasteiger partial charge is 0.301 e. The molecule has 0 saturated heterocycles. The molecule has 4 heteroatoms. The molecule has 0 amide bonds. The highest BCUT2D eigenvalue weighted by Gasteiger charge is 2.16. The van der Waals surface area contributed by atoms with Gasteiger partial charge in [-0.2, -0.15) is 0 Å². The highest BCUT2D eigenvalue weighted by Crippen LogP contribution is 2.18. The van der Waals surface area contributed by atoms with E-state index in [9.17, 15) is 0 Å². The van der Waals surface area contributed by atoms with Crippen LogP contribution < -0.4 is 4.91 Å². The van der Waals surface area contributed by atoms with Crippen LogP contribution in [0.5, 0.6) is 0 Å². The number of rotatable bonds is 0. The highest BCUT2D eigenvalue weighted by molar-refractivity contribution is 7.19. The van der Waals surface area contributed by atoms with Gasteiger partial charge in [0.2, 0.25) is 0 Å². The van der Waals surface area contributed by atoms with E-state index in [4.69, 9.17) is 0 Å². The topological polar surface area (TPSA) is 16.1 Å². The maximum Gasteiger partial charge on any atom is 0.177 e. The van der Waals surface area contributed by atoms with E-state index < -0.39 is 0 Å². The smallest absolute Gasteiger partial charge is 0.177 e. The summed E-state index contributed by atoms with van der Waals surface area (Å²) < 4.78 is 0. The van der Waals surface area contributed by atoms with Gasteiger partial charge in [-0.05, 0) is 7.05 Å². The van der Waals surface area contributed by atoms with E-state index in [0.717, 1.165) is 19.5 Å². The second-order valence-corrected chi connectivity index (χ2v) is 4.38. The molecule has 2 heterocycles. The molecule has 11 heavy (non-hydrogen) atoms. The first-order valence-electron chi connectivity index (χ1n) is 3.89. The van der Waals surface area contributed by atoms with Crippen molar-refractivity contribution in [2.45, 2.75) is 13.0 Å². The highest BCUT2D eigenvalue weighted by atomic mass is 32.1. The van der Waals surface area contributed by atoms with Crippen molar-refractivity contribution < 1.29 is 0 Å². The molecule has 0 radical (unpaired) electrons. The van der Waals surface area contributed by atoms with Gasteiger partial charge in [0.05, 0.1) is 5.69 Å². The van der Waals surface area contributed by atoms with Crippen LogP contribution in [-0.2, 0) is 13.0 Å². The first-order valence-corrected chi connectivity index (χ1v) is 4.71. The second-order valence-electron chi connectivity index (χ2n) is 3.09. The Morgan fingerprint density at radius 1 is 1.64 bits per heavy atom. The predicted molar refractivity (Wildman–Crippen MR) is 50.3 cm³/mol. The van der Waals surface area contributed by atoms with Crippen LogP contribution in [0.2, 0.25) is 0 Å². The summed E-state index contributed by atoms with van der Waals surface area (Å²) in [5, 5.41) is 0. The molecule has 0 saturated carbocycles. The van der Waals surface area contributed by atoms with Gasteiger partial charge in [0, 0.05) is 29.3 Å². The van der Waals surface area contributed by atoms with Crippen LogP contribution in [0, 0.1) is 0 Å². The summed E-state index contributed by atoms with van der Waals surface area (Å²) in [6.07, 6.45) is 1.14. The molecular weight excluding hydrogens is 155 g/mol. The third-order valence-corrected chi connectivity index (χ3v) is 3.03. The number of thiazole rings is 1. The zero-order valence-corrected chi connectivity index (χ0v) is 7.74. The van der Waals surface area contributed by atoms with E-state index in [1.807, 2.05) is 11.3 Å². The fourth-order valence-corrected chi connectivity index (χ4v) is 2.52. The zero-order valence-electron chi connectivity index (χ0n) is 6.92. The van der Waals surface area contributed by atoms with Crippen LogP contribution in [0.25, 0.3) is 0 Å². The van der Waals surface area contributed by atoms with Gasteiger partial charge < -0.3 is 4.90 Å². The molecule has 0 unspecified atom stereocenters. The number of nitrogens with zero attached hydrogens (tertiary/aromatic N) is 2. The Balaban J connectivity index is 2.34. The lowest BCUT2D eigenvalue weighted by molar-refractivity contribution is 0.315. The van der Waals surface area contributed by atoms with Crippen molar-refractivity contribution >= 4 is 24.1 Å². The average molecular weight is 166 g/mol. The fraction of sp³-hybridized carbons (Fsp3) is 0.571. The molecule has 2 rings (SSSR count). The van der Waals surface area contributed by atoms with Crippen LogP contribution in [0.3, 0.4) is 0 Å². The van der Waals surface area contributed by atoms with Crippen molar-refractivity contribution in [3.8, 4) is 0 Å². The van der Waals surface area contributed by atoms with Gasteiger partial charge in [-0.3, -0.25) is 4.98 Å². The van der Waals surface area contributed by atoms with E-state index >= 15 is 0 Å². The molecule has 0 bridgehead atoms. The minimum Gasteiger partial charge on any atom is -0.301 e. The first kappa shape index (κ1) is 7.31. The number of likely N-dealkylation sites (N-methyl/N-ethyl adjacent to an activating group) is 1. The third kappa shape index (κ3) is 1.33. The Kier molecular flexibility index (Phi) is 1.73. The average Bonchev–Trinajstić information content (AvgIpc) is 2.27. The molecule has 0 aromatic carbocycles. The minimum absolute atomic E-state index is 1.10. The van der Waals surface area contributed by atoms with Crippen molar-refractivity contribution in [1.82, 2.24) is 9.88 Å². The molecule has 0 N–H and O–H groups in total. The zero-order chi connectivity index (χ0) is 7.84. The number of aromatic nitrogens is 1. The third-order valence-electron chi connectivity index (χ3n) is 2.03. The Hall–Kier alpha value is -0.345. The maximum atomic E-state index is 4.48. The molecule has 0 fully saturated rings. The van der Waals surface area contributed by atoms with Gasteiger partial charge in [0.25, 0.3) is 0 Å². The SMILES string of the molecule is Bc1nc2c(s1)CN(C)CC2. The van der Waals surface area contributed by atoms with Crippen molar-refractivity contribution in [3.05, 3.63) is 10.6 Å². The first-order chi connectivity index (χ1) is 5.25. The Bertz CT molecular complexity index is 271. The number of hydrogen-bond donors (Lipinski definition) is 0. The molecule has 2 nitrogen and oxygen atoms in total. The summed E-state index contributed by atoms with van der Waals surface area (Å²) in [7, 11) is 4.25. The number of hydrogen-bond acceptors (Lipinski definition) is 3. The summed E-state index contributed by atoms with van der Waals surface area (Å²) in [6.45, 7) is 2.26. The monoisotopic (exact) mass is 166 g/mol. The lowest BCUT2D eigenvalue weighted by Crippen LogP contribution is -2.25. The number of fused-ring (bicyclic) bond motifs is 1. The fourth-order valence-electron chi connectivity index (χ4n) is 1.45. The van der Waals surface area contributed by atoms with Gasteiger partial charge in [-0.15, -0.1) is 11.3 Å². The summed E-state index contributed by atoms with van der Waals surface area (Å²) in [5.41, 5.74) is 1.34. The summed E-state index contributed by atoms with van der Waals surface area (Å²) in [5.74, 6) is 0. The van der Waals surface area contributed by atoms with Crippen molar-refractivity contribution in [3.63, 3.8) is 0 Å². The van der Waals surface area contributed by atoms with Crippen LogP contribution in [0.1, 0.15) is 10.6 Å². The molecule has 1 aliphatic rings. The van der Waals surface area contributed by atoms with E-state index in [0.29, 0.717) is 0 Å². The van der Waals surface area contributed by atoms with Crippen LogP contribution in [0.4, 0.5) is 0 Å². The van der Waals surface area contributed by atoms with Gasteiger partial charge in [-0.25, -0.2) is 0 Å². The van der Waals surface area contributed by atoms with Crippen LogP contribution in [0.15, 0.2) is 0 Å². The van der Waals surface area contributed by atoms with Gasteiger partial charge >= 0.3 is 0 Å². The van der Waals surface area contributed by atoms with Crippen LogP contribution in [-0.4, -0.2) is 31.3 Å². The van der Waals surface area contributed by atoms with Crippen LogP contribution >= 0.6 is 11.3 Å². The maximum absolute atomic E-state index is 4.48. The minimum atomic E-state index is 1.10. The second kappa shape index (κ2) is 2.61. The summed E-state index contributed by atoms with van der Waals surface area (Å²) in [4.78, 5) is 9.51. The normalized spacial score (nSPS) is 18.3. The Morgan fingerprint density at radius 2 is 2.45 bits per heavy atom. The predicted octanol–water partition coefficient (Wildman–Crippen LogP) is -0.611. The van der Waals surface area contributed by atoms with Gasteiger partial charge in [0.1, 0.15) is 0 Å². The molecule has 0 aliphatic carbocycles. The van der Waals surface area contributed by atoms with Gasteiger partial charge in [-0.1, -0.05) is 0 Å². The lowest BCUT2D eigenvalue weighted by Gasteiger charge is -2.20. The van der Waals surface area contributed by atoms with E-state index in [1.54, 1.807) is 0 Å². The van der Waals surface area contributed by atoms with Crippen molar-refractivity contribution in [2.24, 2.45) is 0 Å². The lowest BCUT2D eigenvalue weighted by atomic mass is 10.1. The van der Waals surface area contributed by atoms with Crippen molar-refractivity contribution in [2.75, 3.05) is 13.6 Å². The van der Waals surface area contributed by atoms with Gasteiger partial charge in [0.15, 0.2) is 7.85 Å². The molecule has 58 valence electrons. The standard InChI is InChI=1S/C7H11BN2S/c1-10-3-2-5-6(4-10)11-7(8)9-5/h2-4,8H2,1H3. The van der Waals surface area contributed by atoms with Crippen molar-refractivity contribution in [1.29, 1.82) is 0 Å². The van der Waals surface area contributed by atoms with E-state index in [1.165, 1.54) is 15.5 Å². The quantitative estimate of drug-likeness (QED) is 0.478. The Morgan fingerprint density at radius 3 is 3.27 bits per heavy atom. The molecule has 0 atom stereocenters. The summed E-state index contributed by atoms with van der Waals surface area (Å²) >= 11 is 1.84. The Labute approximate surface area is 71.7 Å². The van der Waals surface area contributed by atoms with E-state index in [2.05, 4.69) is 24.8 Å².